The number of benzene rings is 16. The first-order valence-electron chi connectivity index (χ1n) is 45.6. The number of ketones is 1. The molecule has 0 bridgehead atoms. The fourth-order valence-electron chi connectivity index (χ4n) is 15.7. The van der Waals surface area contributed by atoms with Crippen molar-refractivity contribution in [2.45, 2.75) is 34.6 Å². The first kappa shape index (κ1) is 105. The Bertz CT molecular complexity index is 7250. The Morgan fingerprint density at radius 3 is 0.549 bits per heavy atom. The van der Waals surface area contributed by atoms with E-state index in [1.54, 1.807) is 36.8 Å². The minimum atomic E-state index is -0.283. The van der Waals surface area contributed by atoms with Gasteiger partial charge in [-0.05, 0) is 194 Å². The fraction of sp³-hybridized carbons (Fsp3) is 0.0391. The van der Waals surface area contributed by atoms with Gasteiger partial charge in [-0.1, -0.05) is 215 Å². The summed E-state index contributed by atoms with van der Waals surface area (Å²) in [5, 5.41) is 26.8. The minimum Gasteiger partial charge on any atom is -0.512 e. The van der Waals surface area contributed by atoms with Gasteiger partial charge in [-0.3, -0.25) is 18.0 Å². The first-order valence-corrected chi connectivity index (χ1v) is 45.6. The Kier molecular flexibility index (Phi) is 38.6. The molecule has 16 aromatic carbocycles. The van der Waals surface area contributed by atoms with Gasteiger partial charge in [0.15, 0.2) is 5.78 Å². The van der Waals surface area contributed by atoms with Gasteiger partial charge in [-0.15, -0.1) is 267 Å². The molecule has 705 valence electrons. The van der Waals surface area contributed by atoms with Crippen LogP contribution >= 0.6 is 0 Å². The van der Waals surface area contributed by atoms with Gasteiger partial charge in [-0.2, -0.15) is 0 Å². The van der Waals surface area contributed by atoms with Crippen molar-refractivity contribution < 1.29 is 83.4 Å². The predicted molar refractivity (Wildman–Crippen MR) is 569 cm³/mol. The molecule has 0 atom stereocenters. The van der Waals surface area contributed by atoms with Gasteiger partial charge in [0.25, 0.3) is 0 Å². The summed E-state index contributed by atoms with van der Waals surface area (Å²) in [5.74, 6) is -0.913. The van der Waals surface area contributed by atoms with Crippen molar-refractivity contribution in [2.75, 3.05) is 0 Å². The number of aliphatic hydroxyl groups is 1. The number of nitrogens with zero attached hydrogens (tertiary/aromatic N) is 8. The van der Waals surface area contributed by atoms with E-state index in [9.17, 15) is 18.0 Å². The van der Waals surface area contributed by atoms with Crippen LogP contribution in [0.3, 0.4) is 0 Å². The summed E-state index contributed by atoms with van der Waals surface area (Å²) in [4.78, 5) is 45.4. The van der Waals surface area contributed by atoms with Gasteiger partial charge in [0, 0.05) is 93.2 Å². The van der Waals surface area contributed by atoms with Crippen LogP contribution in [0.15, 0.2) is 462 Å². The zero-order chi connectivity index (χ0) is 97.4. The van der Waals surface area contributed by atoms with E-state index < -0.39 is 0 Å². The number of carbonyl (C=O) groups excluding carboxylic acids is 1. The largest absolute Gasteiger partial charge is 3.00 e. The molecule has 8 heterocycles. The standard InChI is InChI=1S/3C16H12N.3C15H9FN.2C15H10N.C5H8O2.3Ir/c3*1-12-6-8-14(9-7-12)16-15-5-3-2-4-13(15)10-11-17-16;3*16-13-7-5-12(6-8-13)15-14-4-2-1-3-11(14)9-10-17-15;2*1-2-7-13(8-3-1)15-14-9-5-4-6-12(14)10-11-16-15;1-4(6)3-5(2)7;;;/h3*2-8,10-11H,1H3;3*1-5,7-10H;2*1-7,9-11H;3,6H,1-2H3;;;/q8*-1;;;2*+3. The van der Waals surface area contributed by atoms with Crippen LogP contribution in [-0.4, -0.2) is 50.8 Å². The first-order chi connectivity index (χ1) is 69.1. The number of fused-ring (bicyclic) bond motifs is 8. The molecule has 0 unspecified atom stereocenters. The molecular weight excluding hydrogens is 2320 g/mol. The molecule has 1 radical (unpaired) electrons. The molecule has 0 aliphatic rings. The quantitative estimate of drug-likeness (QED) is 0.0844. The van der Waals surface area contributed by atoms with E-state index in [4.69, 9.17) is 5.11 Å². The average Bonchev–Trinajstić information content (AvgIpc) is 0.862. The molecule has 8 aromatic heterocycles. The van der Waals surface area contributed by atoms with Gasteiger partial charge in [0.1, 0.15) is 0 Å². The van der Waals surface area contributed by atoms with E-state index in [2.05, 4.69) is 206 Å². The third-order valence-corrected chi connectivity index (χ3v) is 22.5. The van der Waals surface area contributed by atoms with Crippen LogP contribution in [0.25, 0.3) is 176 Å². The van der Waals surface area contributed by atoms with Crippen molar-refractivity contribution in [3.05, 3.63) is 544 Å². The summed E-state index contributed by atoms with van der Waals surface area (Å²) < 4.78 is 38.6. The number of aryl methyl sites for hydroxylation is 3. The van der Waals surface area contributed by atoms with Gasteiger partial charge in [-0.25, -0.2) is 0 Å². The van der Waals surface area contributed by atoms with Crippen LogP contribution in [0.1, 0.15) is 30.5 Å². The van der Waals surface area contributed by atoms with Crippen molar-refractivity contribution in [1.82, 2.24) is 39.9 Å². The Morgan fingerprint density at radius 2 is 0.403 bits per heavy atom. The monoisotopic (exact) mass is 2410 g/mol. The Labute approximate surface area is 877 Å². The number of pyridine rings is 8. The second-order valence-corrected chi connectivity index (χ2v) is 32.6. The molecule has 0 saturated heterocycles. The van der Waals surface area contributed by atoms with Gasteiger partial charge in [0.2, 0.25) is 0 Å². The van der Waals surface area contributed by atoms with E-state index in [0.717, 1.165) is 122 Å². The molecule has 16 heteroatoms. The maximum absolute atomic E-state index is 12.9. The van der Waals surface area contributed by atoms with Crippen LogP contribution in [0, 0.1) is 86.8 Å². The van der Waals surface area contributed by atoms with Gasteiger partial charge in [0.05, 0.1) is 5.76 Å². The van der Waals surface area contributed by atoms with E-state index in [1.165, 1.54) is 127 Å². The topological polar surface area (TPSA) is 140 Å². The smallest absolute Gasteiger partial charge is 0.512 e. The van der Waals surface area contributed by atoms with Crippen molar-refractivity contribution in [3.8, 4) is 90.1 Å². The maximum Gasteiger partial charge on any atom is 3.00 e. The molecule has 24 aromatic rings. The molecule has 0 aliphatic carbocycles. The summed E-state index contributed by atoms with van der Waals surface area (Å²) >= 11 is 0. The van der Waals surface area contributed by atoms with Gasteiger partial charge < -0.3 is 45.0 Å². The number of hydrogen-bond donors (Lipinski definition) is 1. The van der Waals surface area contributed by atoms with E-state index >= 15 is 0 Å². The number of allylic oxidation sites excluding steroid dienone is 2. The van der Waals surface area contributed by atoms with Crippen molar-refractivity contribution >= 4 is 92.0 Å². The second kappa shape index (κ2) is 52.8. The molecule has 10 nitrogen and oxygen atoms in total. The Balaban J connectivity index is 0.000000136. The normalized spacial score (nSPS) is 10.4. The molecule has 0 saturated carbocycles. The average molecular weight is 2410 g/mol. The molecule has 1 N–H and O–H groups in total. The fourth-order valence-corrected chi connectivity index (χ4v) is 15.7. The van der Waals surface area contributed by atoms with Crippen LogP contribution in [0.4, 0.5) is 13.2 Å². The molecule has 0 aliphatic heterocycles. The molecule has 0 fully saturated rings. The van der Waals surface area contributed by atoms with Crippen LogP contribution in [0.5, 0.6) is 0 Å². The van der Waals surface area contributed by atoms with Crippen molar-refractivity contribution in [3.63, 3.8) is 0 Å². The number of rotatable bonds is 9. The minimum absolute atomic E-state index is 0. The summed E-state index contributed by atoms with van der Waals surface area (Å²) in [6, 6.07) is 154. The van der Waals surface area contributed by atoms with Crippen LogP contribution < -0.4 is 0 Å². The Hall–Kier alpha value is -16.3. The predicted octanol–water partition coefficient (Wildman–Crippen LogP) is 32.0. The molecule has 24 rings (SSSR count). The van der Waals surface area contributed by atoms with Crippen LogP contribution in [0.2, 0.25) is 0 Å². The van der Waals surface area contributed by atoms with Gasteiger partial charge >= 0.3 is 40.2 Å². The summed E-state index contributed by atoms with van der Waals surface area (Å²) in [5.41, 5.74) is 18.8. The number of hydrogen-bond acceptors (Lipinski definition) is 10. The summed E-state index contributed by atoms with van der Waals surface area (Å²) in [7, 11) is 0. The number of aromatic nitrogens is 8. The third-order valence-electron chi connectivity index (χ3n) is 22.5. The number of aliphatic hydroxyl groups excluding tert-OH is 1. The summed E-state index contributed by atoms with van der Waals surface area (Å²) in [6.45, 7) is 9.05. The molecule has 0 amide bonds. The third kappa shape index (κ3) is 28.1. The van der Waals surface area contributed by atoms with E-state index in [1.807, 2.05) is 280 Å². The maximum atomic E-state index is 12.9. The summed E-state index contributed by atoms with van der Waals surface area (Å²) in [6.07, 6.45) is 15.7. The molecule has 0 spiro atoms. The zero-order valence-electron chi connectivity index (χ0n) is 78.9. The number of carbonyl (C=O) groups is 1. The Morgan fingerprint density at radius 1 is 0.229 bits per heavy atom. The SMILES string of the molecule is CC(=O)C=C(C)O.Cc1c[c-]c(-c2nccc3ccccc23)cc1.Cc1c[c-]c(-c2nccc3ccccc23)cc1.Cc1c[c-]c(-c2nccc3ccccc23)cc1.Fc1c[c-]c(-c2nccc3ccccc23)cc1.Fc1c[c-]c(-c2nccc3ccccc23)cc1.Fc1c[c-]c(-c2nccc3ccccc23)cc1.[Ir+3].[Ir+3].[Ir].[c-]1ccccc1-c1nccc2ccccc12.[c-]1ccccc1-c1nccc2ccccc12. The van der Waals surface area contributed by atoms with E-state index in [0.29, 0.717) is 0 Å². The zero-order valence-corrected chi connectivity index (χ0v) is 86.1. The van der Waals surface area contributed by atoms with Crippen molar-refractivity contribution in [2.24, 2.45) is 0 Å². The van der Waals surface area contributed by atoms with Crippen molar-refractivity contribution in [1.29, 1.82) is 0 Å². The number of halogens is 3. The second-order valence-electron chi connectivity index (χ2n) is 32.6. The van der Waals surface area contributed by atoms with E-state index in [-0.39, 0.29) is 89.3 Å². The molecular formula is C128H91F3Ir3N8O2-2. The van der Waals surface area contributed by atoms with Crippen LogP contribution in [-0.2, 0) is 65.1 Å². The molecule has 144 heavy (non-hydrogen) atoms.